The molecule has 2 N–H and O–H groups in total. The molecule has 0 heterocycles. The van der Waals surface area contributed by atoms with Crippen molar-refractivity contribution in [2.45, 2.75) is 40.5 Å². The summed E-state index contributed by atoms with van der Waals surface area (Å²) in [7, 11) is 0. The molecule has 0 unspecified atom stereocenters. The zero-order valence-electron chi connectivity index (χ0n) is 23.5. The highest BCUT2D eigenvalue weighted by Gasteiger charge is 2.10. The predicted molar refractivity (Wildman–Crippen MR) is 161 cm³/mol. The molecule has 0 aliphatic carbocycles. The molecule has 0 bridgehead atoms. The number of benzene rings is 4. The molecular weight excluding hydrogens is 500 g/mol. The van der Waals surface area contributed by atoms with Crippen molar-refractivity contribution in [3.8, 4) is 22.6 Å². The monoisotopic (exact) mass is 536 g/mol. The molecule has 0 fully saturated rings. The minimum absolute atomic E-state index is 0.0603. The van der Waals surface area contributed by atoms with Gasteiger partial charge in [0, 0.05) is 11.4 Å². The Morgan fingerprint density at radius 2 is 0.950 bits per heavy atom. The molecule has 4 aromatic rings. The van der Waals surface area contributed by atoms with Gasteiger partial charge in [0.15, 0.2) is 13.2 Å². The zero-order valence-corrected chi connectivity index (χ0v) is 23.5. The molecule has 206 valence electrons. The summed E-state index contributed by atoms with van der Waals surface area (Å²) in [5.74, 6) is 0.911. The van der Waals surface area contributed by atoms with Crippen LogP contribution in [0.1, 0.15) is 36.1 Å². The molecule has 6 heteroatoms. The van der Waals surface area contributed by atoms with E-state index in [9.17, 15) is 9.59 Å². The molecule has 0 aromatic heterocycles. The van der Waals surface area contributed by atoms with Gasteiger partial charge < -0.3 is 20.1 Å². The average molecular weight is 537 g/mol. The summed E-state index contributed by atoms with van der Waals surface area (Å²) in [6.45, 7) is 7.99. The number of rotatable bonds is 11. The van der Waals surface area contributed by atoms with Crippen LogP contribution in [0, 0.1) is 13.8 Å². The maximum Gasteiger partial charge on any atom is 0.262 e. The number of anilines is 2. The van der Waals surface area contributed by atoms with Crippen LogP contribution < -0.4 is 20.1 Å². The first-order valence-corrected chi connectivity index (χ1v) is 13.6. The Morgan fingerprint density at radius 1 is 0.575 bits per heavy atom. The van der Waals surface area contributed by atoms with Gasteiger partial charge in [-0.2, -0.15) is 0 Å². The molecular formula is C34H36N2O4. The van der Waals surface area contributed by atoms with E-state index in [2.05, 4.69) is 24.5 Å². The number of carbonyl (C=O) groups is 2. The van der Waals surface area contributed by atoms with Crippen LogP contribution in [0.5, 0.6) is 11.5 Å². The first-order chi connectivity index (χ1) is 19.3. The second-order valence-electron chi connectivity index (χ2n) is 9.73. The first-order valence-electron chi connectivity index (χ1n) is 13.6. The molecule has 2 amide bonds. The van der Waals surface area contributed by atoms with Crippen molar-refractivity contribution in [3.05, 3.63) is 107 Å². The number of hydrogen-bond donors (Lipinski definition) is 2. The molecule has 0 aliphatic rings. The van der Waals surface area contributed by atoms with E-state index in [0.717, 1.165) is 46.5 Å². The van der Waals surface area contributed by atoms with Crippen molar-refractivity contribution < 1.29 is 19.1 Å². The van der Waals surface area contributed by atoms with E-state index in [1.807, 2.05) is 98.8 Å². The highest BCUT2D eigenvalue weighted by atomic mass is 16.5. The second-order valence-corrected chi connectivity index (χ2v) is 9.73. The van der Waals surface area contributed by atoms with Crippen molar-refractivity contribution >= 4 is 23.2 Å². The van der Waals surface area contributed by atoms with Crippen molar-refractivity contribution in [2.75, 3.05) is 23.8 Å². The fourth-order valence-corrected chi connectivity index (χ4v) is 4.28. The lowest BCUT2D eigenvalue weighted by Crippen LogP contribution is -2.20. The van der Waals surface area contributed by atoms with Crippen molar-refractivity contribution in [2.24, 2.45) is 0 Å². The molecule has 0 saturated heterocycles. The van der Waals surface area contributed by atoms with Crippen LogP contribution in [0.15, 0.2) is 84.9 Å². The second kappa shape index (κ2) is 13.5. The lowest BCUT2D eigenvalue weighted by Gasteiger charge is -2.13. The summed E-state index contributed by atoms with van der Waals surface area (Å²) in [6.07, 6.45) is 1.92. The molecule has 40 heavy (non-hydrogen) atoms. The highest BCUT2D eigenvalue weighted by Crippen LogP contribution is 2.28. The molecule has 0 aliphatic heterocycles. The van der Waals surface area contributed by atoms with Gasteiger partial charge in [-0.05, 0) is 109 Å². The van der Waals surface area contributed by atoms with Crippen LogP contribution in [-0.2, 0) is 22.4 Å². The van der Waals surface area contributed by atoms with Crippen LogP contribution in [0.4, 0.5) is 11.4 Å². The maximum atomic E-state index is 12.5. The van der Waals surface area contributed by atoms with Gasteiger partial charge in [-0.25, -0.2) is 0 Å². The van der Waals surface area contributed by atoms with E-state index < -0.39 is 0 Å². The number of amides is 2. The third-order valence-corrected chi connectivity index (χ3v) is 6.74. The van der Waals surface area contributed by atoms with E-state index >= 15 is 0 Å². The van der Waals surface area contributed by atoms with Gasteiger partial charge in [0.05, 0.1) is 0 Å². The van der Waals surface area contributed by atoms with Crippen LogP contribution in [0.3, 0.4) is 0 Å². The molecule has 0 spiro atoms. The Kier molecular flexibility index (Phi) is 9.57. The maximum absolute atomic E-state index is 12.5. The van der Waals surface area contributed by atoms with Gasteiger partial charge >= 0.3 is 0 Å². The van der Waals surface area contributed by atoms with Gasteiger partial charge in [-0.15, -0.1) is 0 Å². The molecule has 4 aromatic carbocycles. The van der Waals surface area contributed by atoms with Crippen LogP contribution >= 0.6 is 0 Å². The molecule has 4 rings (SSSR count). The zero-order chi connectivity index (χ0) is 28.5. The Morgan fingerprint density at radius 3 is 1.27 bits per heavy atom. The normalized spacial score (nSPS) is 10.6. The third kappa shape index (κ3) is 7.73. The number of nitrogens with one attached hydrogen (secondary N) is 2. The fourth-order valence-electron chi connectivity index (χ4n) is 4.28. The van der Waals surface area contributed by atoms with Crippen LogP contribution in [0.25, 0.3) is 11.1 Å². The van der Waals surface area contributed by atoms with E-state index in [4.69, 9.17) is 9.47 Å². The molecule has 0 saturated carbocycles. The van der Waals surface area contributed by atoms with Crippen LogP contribution in [0.2, 0.25) is 0 Å². The highest BCUT2D eigenvalue weighted by molar-refractivity contribution is 5.94. The minimum atomic E-state index is -0.215. The summed E-state index contributed by atoms with van der Waals surface area (Å²) in [5.41, 5.74) is 7.84. The largest absolute Gasteiger partial charge is 0.484 e. The average Bonchev–Trinajstić information content (AvgIpc) is 2.97. The summed E-state index contributed by atoms with van der Waals surface area (Å²) in [5, 5.41) is 5.86. The topological polar surface area (TPSA) is 76.7 Å². The molecule has 0 radical (unpaired) electrons. The van der Waals surface area contributed by atoms with Crippen LogP contribution in [-0.4, -0.2) is 25.0 Å². The fraction of sp³-hybridized carbons (Fsp3) is 0.235. The molecule has 6 nitrogen and oxygen atoms in total. The predicted octanol–water partition coefficient (Wildman–Crippen LogP) is 7.13. The Labute approximate surface area is 236 Å². The number of aryl methyl sites for hydroxylation is 4. The Hall–Kier alpha value is -4.58. The van der Waals surface area contributed by atoms with E-state index in [1.54, 1.807) is 0 Å². The van der Waals surface area contributed by atoms with Gasteiger partial charge in [-0.3, -0.25) is 9.59 Å². The summed E-state index contributed by atoms with van der Waals surface area (Å²) in [6, 6.07) is 27.3. The van der Waals surface area contributed by atoms with Crippen molar-refractivity contribution in [1.82, 2.24) is 0 Å². The lowest BCUT2D eigenvalue weighted by atomic mass is 10.00. The van der Waals surface area contributed by atoms with Gasteiger partial charge in [0.1, 0.15) is 11.5 Å². The van der Waals surface area contributed by atoms with Gasteiger partial charge in [0.2, 0.25) is 0 Å². The number of hydrogen-bond acceptors (Lipinski definition) is 4. The first kappa shape index (κ1) is 28.4. The summed E-state index contributed by atoms with van der Waals surface area (Å²) < 4.78 is 11.2. The summed E-state index contributed by atoms with van der Waals surface area (Å²) >= 11 is 0. The van der Waals surface area contributed by atoms with E-state index in [0.29, 0.717) is 11.5 Å². The van der Waals surface area contributed by atoms with Gasteiger partial charge in [0.25, 0.3) is 11.8 Å². The Bertz CT molecular complexity index is 1350. The van der Waals surface area contributed by atoms with Crippen molar-refractivity contribution in [1.29, 1.82) is 0 Å². The minimum Gasteiger partial charge on any atom is -0.484 e. The Balaban J connectivity index is 1.31. The van der Waals surface area contributed by atoms with Crippen molar-refractivity contribution in [3.63, 3.8) is 0 Å². The smallest absolute Gasteiger partial charge is 0.262 e. The quantitative estimate of drug-likeness (QED) is 0.214. The molecule has 0 atom stereocenters. The third-order valence-electron chi connectivity index (χ3n) is 6.74. The van der Waals surface area contributed by atoms with E-state index in [-0.39, 0.29) is 25.0 Å². The van der Waals surface area contributed by atoms with Gasteiger partial charge in [-0.1, -0.05) is 50.2 Å². The standard InChI is InChI=1S/C34H36N2O4/c1-5-25-7-13-29(14-8-25)39-21-33(37)35-31-17-11-27(19-23(31)3)28-12-18-32(24(4)20-28)36-34(38)22-40-30-15-9-26(6-2)10-16-30/h7-20H,5-6,21-22H2,1-4H3,(H,35,37)(H,36,38). The number of ether oxygens (including phenoxy) is 2. The van der Waals surface area contributed by atoms with E-state index in [1.165, 1.54) is 11.1 Å². The summed E-state index contributed by atoms with van der Waals surface area (Å²) in [4.78, 5) is 24.9. The lowest BCUT2D eigenvalue weighted by molar-refractivity contribution is -0.118. The number of carbonyl (C=O) groups excluding carboxylic acids is 2. The SMILES string of the molecule is CCc1ccc(OCC(=O)Nc2ccc(-c3ccc(NC(=O)COc4ccc(CC)cc4)c(C)c3)cc2C)cc1.